The highest BCUT2D eigenvalue weighted by molar-refractivity contribution is 7.99. The van der Waals surface area contributed by atoms with Gasteiger partial charge in [0.25, 0.3) is 0 Å². The molecule has 0 aromatic rings. The van der Waals surface area contributed by atoms with Gasteiger partial charge in [-0.25, -0.2) is 0 Å². The van der Waals surface area contributed by atoms with E-state index in [1.165, 1.54) is 17.9 Å². The van der Waals surface area contributed by atoms with Crippen molar-refractivity contribution in [2.24, 2.45) is 46.3 Å². The molecule has 6 saturated carbocycles. The zero-order valence-corrected chi connectivity index (χ0v) is 18.9. The minimum absolute atomic E-state index is 0.646. The first-order chi connectivity index (χ1) is 12.2. The zero-order chi connectivity index (χ0) is 18.4. The molecule has 0 aromatic heterocycles. The highest BCUT2D eigenvalue weighted by atomic mass is 32.2. The number of thioether (sulfide) groups is 1. The van der Waals surface area contributed by atoms with Crippen molar-refractivity contribution in [1.82, 2.24) is 0 Å². The summed E-state index contributed by atoms with van der Waals surface area (Å²) in [6.07, 6.45) is 7.76. The van der Waals surface area contributed by atoms with Crippen LogP contribution in [0.3, 0.4) is 0 Å². The summed E-state index contributed by atoms with van der Waals surface area (Å²) in [5.74, 6) is 12.1. The van der Waals surface area contributed by atoms with E-state index in [1.807, 2.05) is 0 Å². The first-order valence-electron chi connectivity index (χ1n) is 11.8. The van der Waals surface area contributed by atoms with Crippen molar-refractivity contribution >= 4 is 18.5 Å². The molecule has 2 heteroatoms. The van der Waals surface area contributed by atoms with Crippen LogP contribution in [0.5, 0.6) is 0 Å². The van der Waals surface area contributed by atoms with Gasteiger partial charge in [-0.3, -0.25) is 0 Å². The van der Waals surface area contributed by atoms with Gasteiger partial charge in [0, 0.05) is 0 Å². The molecule has 0 aromatic carbocycles. The molecule has 0 amide bonds. The first kappa shape index (κ1) is 18.4. The van der Waals surface area contributed by atoms with E-state index >= 15 is 0 Å². The van der Waals surface area contributed by atoms with Crippen LogP contribution < -0.4 is 0 Å². The van der Waals surface area contributed by atoms with Crippen LogP contribution >= 0.6 is 11.8 Å². The van der Waals surface area contributed by atoms with Crippen LogP contribution in [0.25, 0.3) is 0 Å². The second-order valence-corrected chi connectivity index (χ2v) is 13.6. The second-order valence-electron chi connectivity index (χ2n) is 12.4. The lowest BCUT2D eigenvalue weighted by atomic mass is 9.18. The van der Waals surface area contributed by atoms with Crippen molar-refractivity contribution in [2.45, 2.75) is 91.1 Å². The van der Waals surface area contributed by atoms with Crippen LogP contribution in [-0.2, 0) is 0 Å². The highest BCUT2D eigenvalue weighted by Gasteiger charge is 2.63. The third-order valence-corrected chi connectivity index (χ3v) is 12.5. The Balaban J connectivity index is 1.42. The molecule has 0 N–H and O–H groups in total. The molecule has 1 aliphatic heterocycles. The third-order valence-electron chi connectivity index (χ3n) is 11.3. The minimum atomic E-state index is 0.646. The van der Waals surface area contributed by atoms with Crippen molar-refractivity contribution in [2.75, 3.05) is 11.5 Å². The maximum absolute atomic E-state index is 2.67. The van der Waals surface area contributed by atoms with E-state index in [0.29, 0.717) is 10.8 Å². The Kier molecular flexibility index (Phi) is 4.23. The van der Waals surface area contributed by atoms with Crippen LogP contribution in [0.2, 0.25) is 17.5 Å². The summed E-state index contributed by atoms with van der Waals surface area (Å²) in [7, 11) is 0. The summed E-state index contributed by atoms with van der Waals surface area (Å²) >= 11 is 2.26. The normalized spacial score (nSPS) is 53.5. The van der Waals surface area contributed by atoms with Crippen LogP contribution in [0.4, 0.5) is 0 Å². The van der Waals surface area contributed by atoms with Gasteiger partial charge in [-0.1, -0.05) is 71.8 Å². The first-order valence-corrected chi connectivity index (χ1v) is 13.0. The summed E-state index contributed by atoms with van der Waals surface area (Å²) in [5.41, 5.74) is 1.29. The fourth-order valence-electron chi connectivity index (χ4n) is 9.27. The van der Waals surface area contributed by atoms with Crippen molar-refractivity contribution in [3.63, 3.8) is 0 Å². The average Bonchev–Trinajstić information content (AvgIpc) is 3.10. The highest BCUT2D eigenvalue weighted by Crippen LogP contribution is 2.70. The Bertz CT molecular complexity index is 521. The summed E-state index contributed by atoms with van der Waals surface area (Å²) in [6, 6.07) is 0. The third kappa shape index (κ3) is 2.35. The summed E-state index contributed by atoms with van der Waals surface area (Å²) in [5, 5.41) is 0. The lowest BCUT2D eigenvalue weighted by Crippen LogP contribution is -2.60. The maximum atomic E-state index is 2.67. The van der Waals surface area contributed by atoms with Crippen molar-refractivity contribution in [3.05, 3.63) is 0 Å². The van der Waals surface area contributed by atoms with E-state index in [9.17, 15) is 0 Å². The van der Waals surface area contributed by atoms with E-state index in [4.69, 9.17) is 0 Å². The lowest BCUT2D eigenvalue weighted by molar-refractivity contribution is -0.108. The van der Waals surface area contributed by atoms with Crippen LogP contribution in [-0.4, -0.2) is 18.2 Å². The molecule has 1 saturated heterocycles. The van der Waals surface area contributed by atoms with Crippen molar-refractivity contribution in [3.8, 4) is 0 Å². The van der Waals surface area contributed by atoms with Gasteiger partial charge in [0.05, 0.1) is 0 Å². The van der Waals surface area contributed by atoms with Gasteiger partial charge in [0.2, 0.25) is 0 Å². The number of rotatable bonds is 3. The molecule has 1 unspecified atom stereocenters. The molecule has 146 valence electrons. The monoisotopic (exact) mass is 372 g/mol. The standard InChI is InChI=1S/C24H41BS/c1-14-19-9-16(23(19,3)4)11-21(14)25(18-7-8-26-13-18)22-12-17-10-20(15(22)2)24(17,5)6/h14-22H,7-13H2,1-6H3/t14-,15-,16+,17+,18?,19-,20-,21-,22-/m1/s1. The van der Waals surface area contributed by atoms with Crippen molar-refractivity contribution in [1.29, 1.82) is 0 Å². The summed E-state index contributed by atoms with van der Waals surface area (Å²) in [6.45, 7) is 16.7. The van der Waals surface area contributed by atoms with Crippen molar-refractivity contribution < 1.29 is 0 Å². The topological polar surface area (TPSA) is 0 Å². The molecule has 0 radical (unpaired) electrons. The van der Waals surface area contributed by atoms with Gasteiger partial charge in [-0.15, -0.1) is 0 Å². The van der Waals surface area contributed by atoms with E-state index in [2.05, 4.69) is 53.3 Å². The summed E-state index contributed by atoms with van der Waals surface area (Å²) < 4.78 is 0. The molecule has 9 atom stereocenters. The van der Waals surface area contributed by atoms with E-state index in [1.54, 1.807) is 25.7 Å². The van der Waals surface area contributed by atoms with Gasteiger partial charge in [0.15, 0.2) is 6.71 Å². The predicted octanol–water partition coefficient (Wildman–Crippen LogP) is 7.13. The number of fused-ring (bicyclic) bond motifs is 4. The number of hydrogen-bond donors (Lipinski definition) is 0. The molecule has 7 rings (SSSR count). The van der Waals surface area contributed by atoms with Crippen LogP contribution in [0.1, 0.15) is 73.6 Å². The van der Waals surface area contributed by atoms with Gasteiger partial charge in [-0.2, -0.15) is 11.8 Å². The molecule has 4 bridgehead atoms. The molecular weight excluding hydrogens is 331 g/mol. The van der Waals surface area contributed by atoms with E-state index < -0.39 is 0 Å². The predicted molar refractivity (Wildman–Crippen MR) is 117 cm³/mol. The average molecular weight is 372 g/mol. The zero-order valence-electron chi connectivity index (χ0n) is 18.1. The number of hydrogen-bond acceptors (Lipinski definition) is 1. The second kappa shape index (κ2) is 5.96. The maximum Gasteiger partial charge on any atom is 0.151 e. The lowest BCUT2D eigenvalue weighted by Gasteiger charge is -2.67. The largest absolute Gasteiger partial charge is 0.162 e. The Hall–Kier alpha value is 0.415. The van der Waals surface area contributed by atoms with Gasteiger partial charge < -0.3 is 0 Å². The Labute approximate surface area is 167 Å². The molecule has 7 aliphatic rings. The smallest absolute Gasteiger partial charge is 0.151 e. The van der Waals surface area contributed by atoms with Gasteiger partial charge in [-0.05, 0) is 77.1 Å². The molecule has 1 heterocycles. The van der Waals surface area contributed by atoms with E-state index in [0.717, 1.165) is 59.7 Å². The Morgan fingerprint density at radius 3 is 1.62 bits per heavy atom. The molecular formula is C24H41BS. The summed E-state index contributed by atoms with van der Waals surface area (Å²) in [4.78, 5) is 0. The van der Waals surface area contributed by atoms with Crippen LogP contribution in [0.15, 0.2) is 0 Å². The molecule has 0 nitrogen and oxygen atoms in total. The molecule has 6 aliphatic carbocycles. The molecule has 7 fully saturated rings. The molecule has 0 spiro atoms. The SMILES string of the molecule is C[C@@H]1[C@H]2C[C@@H](C[C@H]1B(C1CCSC1)[C@@H]1C[C@@H]3C[C@H]([C@H]1C)C3(C)C)C2(C)C. The quantitative estimate of drug-likeness (QED) is 0.475. The van der Waals surface area contributed by atoms with E-state index in [-0.39, 0.29) is 0 Å². The van der Waals surface area contributed by atoms with Gasteiger partial charge in [0.1, 0.15) is 0 Å². The Morgan fingerprint density at radius 1 is 0.769 bits per heavy atom. The van der Waals surface area contributed by atoms with Gasteiger partial charge >= 0.3 is 0 Å². The fourth-order valence-corrected chi connectivity index (χ4v) is 10.6. The van der Waals surface area contributed by atoms with Crippen LogP contribution in [0, 0.1) is 46.3 Å². The minimum Gasteiger partial charge on any atom is -0.162 e. The fraction of sp³-hybridized carbons (Fsp3) is 1.00. The Morgan fingerprint density at radius 2 is 1.27 bits per heavy atom. The molecule has 26 heavy (non-hydrogen) atoms.